The zero-order valence-electron chi connectivity index (χ0n) is 20.9. The van der Waals surface area contributed by atoms with E-state index in [1.165, 1.54) is 0 Å². The van der Waals surface area contributed by atoms with Crippen LogP contribution in [0.15, 0.2) is 91.0 Å². The molecule has 0 unspecified atom stereocenters. The number of anilines is 1. The highest BCUT2D eigenvalue weighted by molar-refractivity contribution is 5.96. The maximum atomic E-state index is 11.6. The van der Waals surface area contributed by atoms with Crippen LogP contribution in [-0.2, 0) is 6.54 Å². The van der Waals surface area contributed by atoms with Gasteiger partial charge in [-0.3, -0.25) is 0 Å². The predicted molar refractivity (Wildman–Crippen MR) is 145 cm³/mol. The first-order valence-electron chi connectivity index (χ1n) is 12.4. The maximum Gasteiger partial charge on any atom is 0.336 e. The molecular weight excluding hydrogens is 478 g/mol. The van der Waals surface area contributed by atoms with E-state index in [1.54, 1.807) is 24.3 Å². The maximum absolute atomic E-state index is 11.6. The van der Waals surface area contributed by atoms with Gasteiger partial charge in [0.25, 0.3) is 0 Å². The summed E-state index contributed by atoms with van der Waals surface area (Å²) in [7, 11) is 0. The Bertz CT molecular complexity index is 1480. The minimum atomic E-state index is -0.933. The molecule has 1 atom stereocenters. The lowest BCUT2D eigenvalue weighted by Crippen LogP contribution is -2.32. The summed E-state index contributed by atoms with van der Waals surface area (Å²) in [4.78, 5) is 19.7. The molecule has 1 aliphatic heterocycles. The van der Waals surface area contributed by atoms with Crippen LogP contribution in [0.25, 0.3) is 11.1 Å². The van der Waals surface area contributed by atoms with Gasteiger partial charge in [-0.2, -0.15) is 5.26 Å². The highest BCUT2D eigenvalue weighted by Crippen LogP contribution is 2.36. The summed E-state index contributed by atoms with van der Waals surface area (Å²) >= 11 is 0. The lowest BCUT2D eigenvalue weighted by molar-refractivity contribution is 0.0697. The van der Waals surface area contributed by atoms with E-state index in [0.717, 1.165) is 34.7 Å². The standard InChI is InChI=1S/C31H27N3O4/c1-21(24-10-6-22(19-32)7-11-24)33-38-26-14-15-29-30(18-26)37-17-16-34(29)20-23-8-12-25(13-9-23)27-4-2-3-5-28(27)31(35)36/h2-15,18,21,33H,16-17,20H2,1H3,(H,35,36)/t21-/m1/s1. The van der Waals surface area contributed by atoms with E-state index in [9.17, 15) is 9.90 Å². The fraction of sp³-hybridized carbons (Fsp3) is 0.161. The number of carboxylic acid groups (broad SMARTS) is 1. The molecule has 0 amide bonds. The van der Waals surface area contributed by atoms with E-state index in [-0.39, 0.29) is 6.04 Å². The van der Waals surface area contributed by atoms with Crippen molar-refractivity contribution in [3.63, 3.8) is 0 Å². The largest absolute Gasteiger partial charge is 0.489 e. The zero-order valence-corrected chi connectivity index (χ0v) is 20.9. The second-order valence-corrected chi connectivity index (χ2v) is 9.12. The summed E-state index contributed by atoms with van der Waals surface area (Å²) in [5.41, 5.74) is 8.67. The first-order valence-corrected chi connectivity index (χ1v) is 12.4. The Morgan fingerprint density at radius 1 is 1.08 bits per heavy atom. The molecule has 0 radical (unpaired) electrons. The highest BCUT2D eigenvalue weighted by Gasteiger charge is 2.20. The van der Waals surface area contributed by atoms with Gasteiger partial charge in [0.2, 0.25) is 0 Å². The Hall–Kier alpha value is -4.80. The number of fused-ring (bicyclic) bond motifs is 1. The fourth-order valence-corrected chi connectivity index (χ4v) is 4.49. The van der Waals surface area contributed by atoms with Crippen LogP contribution in [0.1, 0.15) is 40.0 Å². The van der Waals surface area contributed by atoms with E-state index in [2.05, 4.69) is 16.4 Å². The summed E-state index contributed by atoms with van der Waals surface area (Å²) in [6.45, 7) is 4.01. The fourth-order valence-electron chi connectivity index (χ4n) is 4.49. The van der Waals surface area contributed by atoms with E-state index in [1.807, 2.05) is 73.7 Å². The Morgan fingerprint density at radius 3 is 2.58 bits per heavy atom. The smallest absolute Gasteiger partial charge is 0.336 e. The molecule has 190 valence electrons. The number of nitriles is 1. The summed E-state index contributed by atoms with van der Waals surface area (Å²) in [6, 6.07) is 30.3. The minimum Gasteiger partial charge on any atom is -0.489 e. The number of nitrogens with zero attached hydrogens (tertiary/aromatic N) is 2. The van der Waals surface area contributed by atoms with Crippen molar-refractivity contribution in [2.45, 2.75) is 19.5 Å². The molecule has 0 saturated carbocycles. The number of nitrogens with one attached hydrogen (secondary N) is 1. The van der Waals surface area contributed by atoms with Crippen molar-refractivity contribution in [2.24, 2.45) is 0 Å². The molecule has 0 fully saturated rings. The van der Waals surface area contributed by atoms with Gasteiger partial charge in [0.05, 0.1) is 35.5 Å². The lowest BCUT2D eigenvalue weighted by Gasteiger charge is -2.31. The third-order valence-electron chi connectivity index (χ3n) is 6.58. The number of rotatable bonds is 8. The number of ether oxygens (including phenoxy) is 1. The summed E-state index contributed by atoms with van der Waals surface area (Å²) in [6.07, 6.45) is 0. The lowest BCUT2D eigenvalue weighted by atomic mass is 9.98. The SMILES string of the molecule is C[C@@H](NOc1ccc2c(c1)OCCN2Cc1ccc(-c2ccccc2C(=O)O)cc1)c1ccc(C#N)cc1. The number of hydrogen-bond donors (Lipinski definition) is 2. The van der Waals surface area contributed by atoms with Gasteiger partial charge in [0.15, 0.2) is 5.75 Å². The molecule has 1 heterocycles. The molecule has 7 heteroatoms. The summed E-state index contributed by atoms with van der Waals surface area (Å²) in [5, 5.41) is 18.5. The average molecular weight is 506 g/mol. The molecule has 0 spiro atoms. The van der Waals surface area contributed by atoms with Crippen LogP contribution in [0, 0.1) is 11.3 Å². The van der Waals surface area contributed by atoms with Crippen molar-refractivity contribution in [1.82, 2.24) is 5.48 Å². The van der Waals surface area contributed by atoms with Gasteiger partial charge in [-0.05, 0) is 59.5 Å². The summed E-state index contributed by atoms with van der Waals surface area (Å²) < 4.78 is 5.93. The van der Waals surface area contributed by atoms with Crippen molar-refractivity contribution >= 4 is 11.7 Å². The van der Waals surface area contributed by atoms with Gasteiger partial charge in [-0.1, -0.05) is 54.6 Å². The molecule has 5 rings (SSSR count). The normalized spacial score (nSPS) is 13.1. The topological polar surface area (TPSA) is 94.8 Å². The molecule has 38 heavy (non-hydrogen) atoms. The molecule has 4 aromatic carbocycles. The second-order valence-electron chi connectivity index (χ2n) is 9.12. The average Bonchev–Trinajstić information content (AvgIpc) is 2.96. The summed E-state index contributed by atoms with van der Waals surface area (Å²) in [5.74, 6) is 0.470. The predicted octanol–water partition coefficient (Wildman–Crippen LogP) is 5.97. The van der Waals surface area contributed by atoms with Gasteiger partial charge in [0.1, 0.15) is 12.4 Å². The van der Waals surface area contributed by atoms with E-state index >= 15 is 0 Å². The molecule has 4 aromatic rings. The Kier molecular flexibility index (Phi) is 7.25. The van der Waals surface area contributed by atoms with Gasteiger partial charge in [-0.25, -0.2) is 4.79 Å². The number of hydrogen-bond acceptors (Lipinski definition) is 6. The third-order valence-corrected chi connectivity index (χ3v) is 6.58. The van der Waals surface area contributed by atoms with Crippen molar-refractivity contribution in [3.05, 3.63) is 113 Å². The van der Waals surface area contributed by atoms with Gasteiger partial charge in [0, 0.05) is 12.6 Å². The molecule has 1 aliphatic rings. The van der Waals surface area contributed by atoms with Gasteiger partial charge >= 0.3 is 5.97 Å². The van der Waals surface area contributed by atoms with Crippen LogP contribution in [0.3, 0.4) is 0 Å². The van der Waals surface area contributed by atoms with Crippen molar-refractivity contribution in [2.75, 3.05) is 18.1 Å². The molecule has 0 aliphatic carbocycles. The minimum absolute atomic E-state index is 0.0679. The van der Waals surface area contributed by atoms with Gasteiger partial charge in [-0.15, -0.1) is 5.48 Å². The number of carboxylic acids is 1. The van der Waals surface area contributed by atoms with E-state index < -0.39 is 5.97 Å². The highest BCUT2D eigenvalue weighted by atomic mass is 16.6. The third kappa shape index (κ3) is 5.46. The quantitative estimate of drug-likeness (QED) is 0.285. The zero-order chi connectivity index (χ0) is 26.5. The first-order chi connectivity index (χ1) is 18.5. The number of aromatic carboxylic acids is 1. The number of hydroxylamine groups is 1. The van der Waals surface area contributed by atoms with Crippen LogP contribution in [0.2, 0.25) is 0 Å². The molecular formula is C31H27N3O4. The van der Waals surface area contributed by atoms with Crippen molar-refractivity contribution in [1.29, 1.82) is 5.26 Å². The van der Waals surface area contributed by atoms with Crippen molar-refractivity contribution in [3.8, 4) is 28.7 Å². The monoisotopic (exact) mass is 505 g/mol. The molecule has 7 nitrogen and oxygen atoms in total. The van der Waals surface area contributed by atoms with Crippen LogP contribution >= 0.6 is 0 Å². The number of carbonyl (C=O) groups is 1. The molecule has 2 N–H and O–H groups in total. The van der Waals surface area contributed by atoms with E-state index in [0.29, 0.717) is 35.6 Å². The Balaban J connectivity index is 1.25. The Morgan fingerprint density at radius 2 is 1.84 bits per heavy atom. The molecule has 0 saturated heterocycles. The first kappa shape index (κ1) is 24.9. The Labute approximate surface area is 221 Å². The van der Waals surface area contributed by atoms with Crippen LogP contribution < -0.4 is 20.0 Å². The van der Waals surface area contributed by atoms with Crippen LogP contribution in [0.5, 0.6) is 11.5 Å². The van der Waals surface area contributed by atoms with Gasteiger partial charge < -0.3 is 19.6 Å². The van der Waals surface area contributed by atoms with E-state index in [4.69, 9.17) is 14.8 Å². The molecule has 0 aromatic heterocycles. The van der Waals surface area contributed by atoms with Crippen molar-refractivity contribution < 1.29 is 19.5 Å². The number of benzene rings is 4. The van der Waals surface area contributed by atoms with Crippen LogP contribution in [-0.4, -0.2) is 24.2 Å². The molecule has 0 bridgehead atoms. The second kappa shape index (κ2) is 11.1. The van der Waals surface area contributed by atoms with Crippen LogP contribution in [0.4, 0.5) is 5.69 Å².